The third-order valence-corrected chi connectivity index (χ3v) is 4.53. The van der Waals surface area contributed by atoms with Crippen LogP contribution in [0.3, 0.4) is 0 Å². The first kappa shape index (κ1) is 21.7. The Labute approximate surface area is 163 Å². The minimum atomic E-state index is -1.47. The Kier molecular flexibility index (Phi) is 7.26. The van der Waals surface area contributed by atoms with Gasteiger partial charge in [0.05, 0.1) is 12.8 Å². The van der Waals surface area contributed by atoms with Crippen molar-refractivity contribution in [3.8, 4) is 0 Å². The summed E-state index contributed by atoms with van der Waals surface area (Å²) in [5.74, 6) is 0. The summed E-state index contributed by atoms with van der Waals surface area (Å²) in [5.41, 5.74) is 4.76. The molecule has 6 N–H and O–H groups in total. The molecule has 0 bridgehead atoms. The Bertz CT molecular complexity index is 660. The van der Waals surface area contributed by atoms with Crippen molar-refractivity contribution in [1.82, 2.24) is 10.7 Å². The van der Waals surface area contributed by atoms with E-state index in [9.17, 15) is 20.4 Å². The van der Waals surface area contributed by atoms with Crippen molar-refractivity contribution >= 4 is 23.5 Å². The Morgan fingerprint density at radius 1 is 1.15 bits per heavy atom. The maximum Gasteiger partial charge on any atom is 0.189 e. The predicted molar refractivity (Wildman–Crippen MR) is 105 cm³/mol. The van der Waals surface area contributed by atoms with Crippen LogP contribution in [0, 0.1) is 0 Å². The second-order valence-corrected chi connectivity index (χ2v) is 7.87. The molecule has 8 nitrogen and oxygen atoms in total. The SMILES string of the molecule is CC(C)(C)c1ccc(/C=N/NC(=S)N[C@@H]2O[C@H](CO)[C@@H](O)[C@H](O)[C@H]2O)cc1. The van der Waals surface area contributed by atoms with Crippen LogP contribution in [0.25, 0.3) is 0 Å². The van der Waals surface area contributed by atoms with Crippen molar-refractivity contribution in [2.75, 3.05) is 6.61 Å². The molecule has 9 heteroatoms. The van der Waals surface area contributed by atoms with Gasteiger partial charge in [-0.1, -0.05) is 45.0 Å². The van der Waals surface area contributed by atoms with Crippen LogP contribution in [0.1, 0.15) is 31.9 Å². The summed E-state index contributed by atoms with van der Waals surface area (Å²) in [6.45, 7) is 5.91. The predicted octanol–water partition coefficient (Wildman–Crippen LogP) is -0.418. The zero-order chi connectivity index (χ0) is 20.2. The molecule has 0 unspecified atom stereocenters. The molecule has 27 heavy (non-hydrogen) atoms. The molecule has 1 aromatic rings. The number of ether oxygens (including phenoxy) is 1. The van der Waals surface area contributed by atoms with Gasteiger partial charge in [-0.25, -0.2) is 0 Å². The number of rotatable bonds is 4. The standard InChI is InChI=1S/C18H27N3O5S/c1-18(2,3)11-6-4-10(5-7-11)8-19-21-17(27)20-16-15(25)14(24)13(23)12(9-22)26-16/h4-8,12-16,22-25H,9H2,1-3H3,(H2,20,21,27)/b19-8+/t12-,13-,14+,15-,16-/m1/s1. The molecular weight excluding hydrogens is 370 g/mol. The molecule has 0 spiro atoms. The van der Waals surface area contributed by atoms with Gasteiger partial charge in [-0.05, 0) is 28.8 Å². The summed E-state index contributed by atoms with van der Waals surface area (Å²) in [6, 6.07) is 7.96. The van der Waals surface area contributed by atoms with Crippen LogP contribution in [0.4, 0.5) is 0 Å². The van der Waals surface area contributed by atoms with E-state index in [1.165, 1.54) is 5.56 Å². The summed E-state index contributed by atoms with van der Waals surface area (Å²) in [7, 11) is 0. The minimum Gasteiger partial charge on any atom is -0.394 e. The van der Waals surface area contributed by atoms with Crippen molar-refractivity contribution in [3.63, 3.8) is 0 Å². The van der Waals surface area contributed by atoms with Crippen LogP contribution < -0.4 is 10.7 Å². The van der Waals surface area contributed by atoms with Crippen LogP contribution in [0.5, 0.6) is 0 Å². The maximum atomic E-state index is 9.96. The van der Waals surface area contributed by atoms with Crippen LogP contribution in [-0.2, 0) is 10.2 Å². The Balaban J connectivity index is 1.89. The minimum absolute atomic E-state index is 0.0573. The lowest BCUT2D eigenvalue weighted by atomic mass is 9.87. The van der Waals surface area contributed by atoms with Gasteiger partial charge in [0, 0.05) is 0 Å². The van der Waals surface area contributed by atoms with E-state index in [-0.39, 0.29) is 10.5 Å². The average Bonchev–Trinajstić information content (AvgIpc) is 2.62. The normalized spacial score (nSPS) is 28.9. The Hall–Kier alpha value is -1.62. The van der Waals surface area contributed by atoms with Gasteiger partial charge in [0.2, 0.25) is 0 Å². The molecule has 150 valence electrons. The second kappa shape index (κ2) is 9.05. The fraction of sp³-hybridized carbons (Fsp3) is 0.556. The van der Waals surface area contributed by atoms with Gasteiger partial charge in [0.25, 0.3) is 0 Å². The number of hydrogen-bond donors (Lipinski definition) is 6. The first-order valence-corrected chi connectivity index (χ1v) is 9.05. The first-order chi connectivity index (χ1) is 12.6. The molecule has 5 atom stereocenters. The fourth-order valence-electron chi connectivity index (χ4n) is 2.62. The van der Waals surface area contributed by atoms with Gasteiger partial charge in [0.15, 0.2) is 11.3 Å². The highest BCUT2D eigenvalue weighted by atomic mass is 32.1. The number of hydrogen-bond acceptors (Lipinski definition) is 7. The van der Waals surface area contributed by atoms with Gasteiger partial charge in [0.1, 0.15) is 24.4 Å². The van der Waals surface area contributed by atoms with E-state index in [2.05, 4.69) is 36.6 Å². The lowest BCUT2D eigenvalue weighted by Gasteiger charge is -2.40. The van der Waals surface area contributed by atoms with Crippen LogP contribution in [0.2, 0.25) is 0 Å². The smallest absolute Gasteiger partial charge is 0.189 e. The van der Waals surface area contributed by atoms with Crippen molar-refractivity contribution in [2.45, 2.75) is 56.8 Å². The third-order valence-electron chi connectivity index (χ3n) is 4.32. The lowest BCUT2D eigenvalue weighted by molar-refractivity contribution is -0.232. The van der Waals surface area contributed by atoms with E-state index in [1.54, 1.807) is 6.21 Å². The summed E-state index contributed by atoms with van der Waals surface area (Å²) >= 11 is 5.08. The number of nitrogens with one attached hydrogen (secondary N) is 2. The molecule has 0 aliphatic carbocycles. The van der Waals surface area contributed by atoms with E-state index in [4.69, 9.17) is 17.0 Å². The second-order valence-electron chi connectivity index (χ2n) is 7.46. The van der Waals surface area contributed by atoms with Crippen molar-refractivity contribution in [2.24, 2.45) is 5.10 Å². The van der Waals surface area contributed by atoms with E-state index >= 15 is 0 Å². The maximum absolute atomic E-state index is 9.96. The number of aliphatic hydroxyl groups excluding tert-OH is 4. The molecule has 2 rings (SSSR count). The van der Waals surface area contributed by atoms with E-state index in [1.807, 2.05) is 24.3 Å². The van der Waals surface area contributed by atoms with Crippen molar-refractivity contribution < 1.29 is 25.2 Å². The fourth-order valence-corrected chi connectivity index (χ4v) is 2.79. The summed E-state index contributed by atoms with van der Waals surface area (Å²) in [5, 5.41) is 45.4. The van der Waals surface area contributed by atoms with Gasteiger partial charge in [-0.2, -0.15) is 5.10 Å². The van der Waals surface area contributed by atoms with Gasteiger partial charge in [-0.15, -0.1) is 0 Å². The number of benzene rings is 1. The summed E-state index contributed by atoms with van der Waals surface area (Å²) in [6.07, 6.45) is -4.82. The quantitative estimate of drug-likeness (QED) is 0.230. The highest BCUT2D eigenvalue weighted by molar-refractivity contribution is 7.80. The Morgan fingerprint density at radius 3 is 2.33 bits per heavy atom. The van der Waals surface area contributed by atoms with Crippen molar-refractivity contribution in [3.05, 3.63) is 35.4 Å². The molecular formula is C18H27N3O5S. The highest BCUT2D eigenvalue weighted by Gasteiger charge is 2.43. The number of aliphatic hydroxyl groups is 4. The van der Waals surface area contributed by atoms with Crippen molar-refractivity contribution in [1.29, 1.82) is 0 Å². The van der Waals surface area contributed by atoms with Crippen LogP contribution >= 0.6 is 12.2 Å². The number of nitrogens with zero attached hydrogens (tertiary/aromatic N) is 1. The van der Waals surface area contributed by atoms with E-state index in [0.29, 0.717) is 0 Å². The van der Waals surface area contributed by atoms with Gasteiger partial charge < -0.3 is 30.5 Å². The monoisotopic (exact) mass is 397 g/mol. The number of thiocarbonyl (C=S) groups is 1. The molecule has 1 fully saturated rings. The summed E-state index contributed by atoms with van der Waals surface area (Å²) < 4.78 is 5.31. The molecule has 0 aromatic heterocycles. The largest absolute Gasteiger partial charge is 0.394 e. The van der Waals surface area contributed by atoms with E-state index in [0.717, 1.165) is 5.56 Å². The molecule has 1 saturated heterocycles. The molecule has 1 aromatic carbocycles. The van der Waals surface area contributed by atoms with E-state index < -0.39 is 37.3 Å². The number of hydrazone groups is 1. The molecule has 0 radical (unpaired) electrons. The van der Waals surface area contributed by atoms with Crippen LogP contribution in [0.15, 0.2) is 29.4 Å². The highest BCUT2D eigenvalue weighted by Crippen LogP contribution is 2.22. The third kappa shape index (κ3) is 5.68. The lowest BCUT2D eigenvalue weighted by Crippen LogP contribution is -2.63. The Morgan fingerprint density at radius 2 is 1.78 bits per heavy atom. The molecule has 0 saturated carbocycles. The molecule has 1 aliphatic heterocycles. The summed E-state index contributed by atoms with van der Waals surface area (Å²) in [4.78, 5) is 0. The van der Waals surface area contributed by atoms with Gasteiger partial charge in [-0.3, -0.25) is 5.43 Å². The molecule has 1 aliphatic rings. The topological polar surface area (TPSA) is 127 Å². The van der Waals surface area contributed by atoms with Crippen LogP contribution in [-0.4, -0.2) is 69.0 Å². The van der Waals surface area contributed by atoms with Gasteiger partial charge >= 0.3 is 0 Å². The first-order valence-electron chi connectivity index (χ1n) is 8.64. The molecule has 1 heterocycles. The zero-order valence-electron chi connectivity index (χ0n) is 15.5. The zero-order valence-corrected chi connectivity index (χ0v) is 16.3. The average molecular weight is 397 g/mol. The molecule has 0 amide bonds.